The molecule has 0 radical (unpaired) electrons. The SMILES string of the molecule is CC(C)COC1CC(Nc2ccnc(Cl)c2)C1(C)C. The standard InChI is InChI=1S/C15H23ClN2O/c1-10(2)9-19-13-8-12(15(13,3)4)18-11-5-6-17-14(16)7-11/h5-7,10,12-13H,8-9H2,1-4H3,(H,17,18). The summed E-state index contributed by atoms with van der Waals surface area (Å²) in [5.41, 5.74) is 1.17. The van der Waals surface area contributed by atoms with E-state index in [-0.39, 0.29) is 5.41 Å². The second-order valence-corrected chi connectivity index (χ2v) is 6.72. The van der Waals surface area contributed by atoms with Gasteiger partial charge in [0.1, 0.15) is 5.15 Å². The Hall–Kier alpha value is -0.800. The Bertz CT molecular complexity index is 434. The van der Waals surface area contributed by atoms with Crippen molar-refractivity contribution in [2.75, 3.05) is 11.9 Å². The highest BCUT2D eigenvalue weighted by Crippen LogP contribution is 2.44. The molecular weight excluding hydrogens is 260 g/mol. The minimum absolute atomic E-state index is 0.143. The molecule has 19 heavy (non-hydrogen) atoms. The zero-order valence-electron chi connectivity index (χ0n) is 12.1. The molecule has 1 heterocycles. The van der Waals surface area contributed by atoms with E-state index >= 15 is 0 Å². The van der Waals surface area contributed by atoms with Gasteiger partial charge in [-0.3, -0.25) is 0 Å². The second-order valence-electron chi connectivity index (χ2n) is 6.34. The van der Waals surface area contributed by atoms with Crippen LogP contribution in [0.2, 0.25) is 5.15 Å². The van der Waals surface area contributed by atoms with Crippen LogP contribution in [0.5, 0.6) is 0 Å². The molecular formula is C15H23ClN2O. The number of halogens is 1. The van der Waals surface area contributed by atoms with Gasteiger partial charge in [0.15, 0.2) is 0 Å². The van der Waals surface area contributed by atoms with Crippen LogP contribution in [-0.4, -0.2) is 23.7 Å². The number of rotatable bonds is 5. The summed E-state index contributed by atoms with van der Waals surface area (Å²) >= 11 is 5.90. The number of pyridine rings is 1. The fraction of sp³-hybridized carbons (Fsp3) is 0.667. The van der Waals surface area contributed by atoms with Gasteiger partial charge < -0.3 is 10.1 Å². The lowest BCUT2D eigenvalue weighted by atomic mass is 9.64. The Morgan fingerprint density at radius 1 is 1.53 bits per heavy atom. The zero-order valence-corrected chi connectivity index (χ0v) is 12.9. The maximum absolute atomic E-state index is 5.97. The Labute approximate surface area is 120 Å². The third-order valence-corrected chi connectivity index (χ3v) is 4.08. The topological polar surface area (TPSA) is 34.1 Å². The van der Waals surface area contributed by atoms with Crippen molar-refractivity contribution in [2.45, 2.75) is 46.3 Å². The van der Waals surface area contributed by atoms with Crippen LogP contribution in [-0.2, 0) is 4.74 Å². The fourth-order valence-electron chi connectivity index (χ4n) is 2.42. The van der Waals surface area contributed by atoms with Crippen molar-refractivity contribution in [1.82, 2.24) is 4.98 Å². The fourth-order valence-corrected chi connectivity index (χ4v) is 2.59. The maximum atomic E-state index is 5.97. The smallest absolute Gasteiger partial charge is 0.131 e. The van der Waals surface area contributed by atoms with E-state index in [1.54, 1.807) is 6.20 Å². The van der Waals surface area contributed by atoms with Crippen LogP contribution in [0.15, 0.2) is 18.3 Å². The molecule has 4 heteroatoms. The molecule has 0 amide bonds. The van der Waals surface area contributed by atoms with Crippen LogP contribution in [0.3, 0.4) is 0 Å². The molecule has 0 spiro atoms. The summed E-state index contributed by atoms with van der Waals surface area (Å²) in [5, 5.41) is 4.05. The van der Waals surface area contributed by atoms with Gasteiger partial charge in [-0.05, 0) is 24.5 Å². The molecule has 0 aromatic carbocycles. The number of hydrogen-bond donors (Lipinski definition) is 1. The van der Waals surface area contributed by atoms with Gasteiger partial charge in [0.2, 0.25) is 0 Å². The molecule has 1 saturated carbocycles. The number of ether oxygens (including phenoxy) is 1. The van der Waals surface area contributed by atoms with Crippen LogP contribution in [0.25, 0.3) is 0 Å². The van der Waals surface area contributed by atoms with E-state index in [1.807, 2.05) is 12.1 Å². The van der Waals surface area contributed by atoms with Crippen molar-refractivity contribution < 1.29 is 4.74 Å². The lowest BCUT2D eigenvalue weighted by Crippen LogP contribution is -2.58. The van der Waals surface area contributed by atoms with Gasteiger partial charge in [-0.2, -0.15) is 0 Å². The average molecular weight is 283 g/mol. The van der Waals surface area contributed by atoms with Gasteiger partial charge in [-0.15, -0.1) is 0 Å². The Balaban J connectivity index is 1.90. The first-order valence-corrected chi connectivity index (χ1v) is 7.27. The summed E-state index contributed by atoms with van der Waals surface area (Å²) in [6.45, 7) is 9.70. The van der Waals surface area contributed by atoms with Crippen molar-refractivity contribution in [3.8, 4) is 0 Å². The van der Waals surface area contributed by atoms with E-state index in [0.717, 1.165) is 18.7 Å². The molecule has 2 atom stereocenters. The molecule has 1 aliphatic carbocycles. The summed E-state index contributed by atoms with van der Waals surface area (Å²) in [6, 6.07) is 4.23. The maximum Gasteiger partial charge on any atom is 0.131 e. The minimum atomic E-state index is 0.143. The van der Waals surface area contributed by atoms with Gasteiger partial charge in [-0.1, -0.05) is 39.3 Å². The van der Waals surface area contributed by atoms with Crippen molar-refractivity contribution in [3.63, 3.8) is 0 Å². The molecule has 1 aromatic heterocycles. The highest BCUT2D eigenvalue weighted by molar-refractivity contribution is 6.29. The van der Waals surface area contributed by atoms with E-state index in [9.17, 15) is 0 Å². The molecule has 3 nitrogen and oxygen atoms in total. The third kappa shape index (κ3) is 3.40. The average Bonchev–Trinajstić information content (AvgIpc) is 2.32. The lowest BCUT2D eigenvalue weighted by Gasteiger charge is -2.52. The normalized spacial score (nSPS) is 25.2. The number of nitrogens with one attached hydrogen (secondary N) is 1. The Morgan fingerprint density at radius 3 is 2.84 bits per heavy atom. The Morgan fingerprint density at radius 2 is 2.26 bits per heavy atom. The quantitative estimate of drug-likeness (QED) is 0.829. The van der Waals surface area contributed by atoms with E-state index in [1.165, 1.54) is 0 Å². The molecule has 1 N–H and O–H groups in total. The summed E-state index contributed by atoms with van der Waals surface area (Å²) in [5.74, 6) is 0.585. The van der Waals surface area contributed by atoms with Crippen LogP contribution < -0.4 is 5.32 Å². The van der Waals surface area contributed by atoms with Gasteiger partial charge >= 0.3 is 0 Å². The second kappa shape index (κ2) is 5.68. The van der Waals surface area contributed by atoms with Gasteiger partial charge in [-0.25, -0.2) is 4.98 Å². The monoisotopic (exact) mass is 282 g/mol. The predicted molar refractivity (Wildman–Crippen MR) is 79.6 cm³/mol. The number of hydrogen-bond acceptors (Lipinski definition) is 3. The van der Waals surface area contributed by atoms with Crippen molar-refractivity contribution in [2.24, 2.45) is 11.3 Å². The first-order chi connectivity index (χ1) is 8.89. The highest BCUT2D eigenvalue weighted by Gasteiger charge is 2.49. The summed E-state index contributed by atoms with van der Waals surface area (Å²) in [7, 11) is 0. The van der Waals surface area contributed by atoms with Crippen LogP contribution in [0, 0.1) is 11.3 Å². The number of nitrogens with zero attached hydrogens (tertiary/aromatic N) is 1. The molecule has 2 rings (SSSR count). The molecule has 2 unspecified atom stereocenters. The van der Waals surface area contributed by atoms with Crippen LogP contribution in [0.1, 0.15) is 34.1 Å². The largest absolute Gasteiger partial charge is 0.381 e. The predicted octanol–water partition coefficient (Wildman–Crippen LogP) is 3.99. The first-order valence-electron chi connectivity index (χ1n) is 6.89. The summed E-state index contributed by atoms with van der Waals surface area (Å²) in [6.07, 6.45) is 3.10. The molecule has 1 fully saturated rings. The van der Waals surface area contributed by atoms with Crippen molar-refractivity contribution >= 4 is 17.3 Å². The Kier molecular flexibility index (Phi) is 4.36. The van der Waals surface area contributed by atoms with Crippen molar-refractivity contribution in [1.29, 1.82) is 0 Å². The van der Waals surface area contributed by atoms with Gasteiger partial charge in [0.05, 0.1) is 6.10 Å². The van der Waals surface area contributed by atoms with Gasteiger partial charge in [0.25, 0.3) is 0 Å². The number of aromatic nitrogens is 1. The third-order valence-electron chi connectivity index (χ3n) is 3.88. The summed E-state index contributed by atoms with van der Waals surface area (Å²) in [4.78, 5) is 3.99. The zero-order chi connectivity index (χ0) is 14.0. The van der Waals surface area contributed by atoms with E-state index in [4.69, 9.17) is 16.3 Å². The first kappa shape index (κ1) is 14.6. The van der Waals surface area contributed by atoms with Crippen LogP contribution >= 0.6 is 11.6 Å². The molecule has 0 bridgehead atoms. The number of anilines is 1. The van der Waals surface area contributed by atoms with Crippen LogP contribution in [0.4, 0.5) is 5.69 Å². The lowest BCUT2D eigenvalue weighted by molar-refractivity contribution is -0.108. The van der Waals surface area contributed by atoms with E-state index < -0.39 is 0 Å². The van der Waals surface area contributed by atoms with Crippen molar-refractivity contribution in [3.05, 3.63) is 23.5 Å². The molecule has 0 saturated heterocycles. The molecule has 1 aliphatic rings. The molecule has 1 aromatic rings. The highest BCUT2D eigenvalue weighted by atomic mass is 35.5. The van der Waals surface area contributed by atoms with E-state index in [0.29, 0.717) is 23.2 Å². The summed E-state index contributed by atoms with van der Waals surface area (Å²) < 4.78 is 5.97. The van der Waals surface area contributed by atoms with Gasteiger partial charge in [0, 0.05) is 29.9 Å². The van der Waals surface area contributed by atoms with E-state index in [2.05, 4.69) is 38.0 Å². The minimum Gasteiger partial charge on any atom is -0.381 e. The molecule has 0 aliphatic heterocycles. The molecule has 106 valence electrons.